The second kappa shape index (κ2) is 9.83. The highest BCUT2D eigenvalue weighted by Crippen LogP contribution is 2.23. The molecule has 0 atom stereocenters. The lowest BCUT2D eigenvalue weighted by Gasteiger charge is -2.11. The van der Waals surface area contributed by atoms with E-state index in [4.69, 9.17) is 9.47 Å². The van der Waals surface area contributed by atoms with Gasteiger partial charge in [-0.15, -0.1) is 0 Å². The largest absolute Gasteiger partial charge is 0.488 e. The lowest BCUT2D eigenvalue weighted by atomic mass is 10.2. The number of nitro groups is 1. The number of nitro benzene ring substituents is 1. The maximum Gasteiger partial charge on any atom is 0.342 e. The fourth-order valence-electron chi connectivity index (χ4n) is 2.63. The number of amides is 1. The SMILES string of the molecule is O=C(COC(=O)c1ccccc1OCc1ccccc1)Nc1ccccc1[N+](=O)[O-]. The molecular formula is C22H18N2O6. The van der Waals surface area contributed by atoms with Gasteiger partial charge >= 0.3 is 5.97 Å². The molecule has 3 aromatic rings. The van der Waals surface area contributed by atoms with Gasteiger partial charge in [0.25, 0.3) is 11.6 Å². The van der Waals surface area contributed by atoms with Crippen LogP contribution in [0.25, 0.3) is 0 Å². The molecule has 0 heterocycles. The third-order valence-electron chi connectivity index (χ3n) is 4.05. The first kappa shape index (κ1) is 20.5. The molecule has 8 nitrogen and oxygen atoms in total. The van der Waals surface area contributed by atoms with Crippen LogP contribution in [0.5, 0.6) is 5.75 Å². The molecule has 0 aliphatic carbocycles. The van der Waals surface area contributed by atoms with Crippen molar-refractivity contribution in [3.8, 4) is 5.75 Å². The molecule has 0 fully saturated rings. The molecule has 1 amide bonds. The van der Waals surface area contributed by atoms with Gasteiger partial charge in [-0.1, -0.05) is 54.6 Å². The van der Waals surface area contributed by atoms with Crippen molar-refractivity contribution in [1.82, 2.24) is 0 Å². The summed E-state index contributed by atoms with van der Waals surface area (Å²) in [6.45, 7) is -0.332. The fraction of sp³-hybridized carbons (Fsp3) is 0.0909. The second-order valence-corrected chi connectivity index (χ2v) is 6.17. The quantitative estimate of drug-likeness (QED) is 0.345. The number of hydrogen-bond acceptors (Lipinski definition) is 6. The second-order valence-electron chi connectivity index (χ2n) is 6.17. The molecule has 0 aliphatic heterocycles. The highest BCUT2D eigenvalue weighted by atomic mass is 16.6. The maximum absolute atomic E-state index is 12.4. The Bertz CT molecular complexity index is 1050. The third kappa shape index (κ3) is 5.41. The van der Waals surface area contributed by atoms with Gasteiger partial charge in [0.15, 0.2) is 6.61 Å². The summed E-state index contributed by atoms with van der Waals surface area (Å²) in [5, 5.41) is 13.4. The minimum Gasteiger partial charge on any atom is -0.488 e. The molecule has 0 aromatic heterocycles. The van der Waals surface area contributed by atoms with Crippen LogP contribution < -0.4 is 10.1 Å². The van der Waals surface area contributed by atoms with E-state index in [1.807, 2.05) is 30.3 Å². The van der Waals surface area contributed by atoms with Crippen LogP contribution in [-0.4, -0.2) is 23.4 Å². The van der Waals surface area contributed by atoms with Crippen LogP contribution in [0.15, 0.2) is 78.9 Å². The van der Waals surface area contributed by atoms with E-state index in [2.05, 4.69) is 5.32 Å². The normalized spacial score (nSPS) is 10.1. The van der Waals surface area contributed by atoms with E-state index in [0.717, 1.165) is 5.56 Å². The number of rotatable bonds is 8. The van der Waals surface area contributed by atoms with E-state index in [9.17, 15) is 19.7 Å². The van der Waals surface area contributed by atoms with Gasteiger partial charge in [0.2, 0.25) is 0 Å². The molecule has 1 N–H and O–H groups in total. The molecule has 8 heteroatoms. The Labute approximate surface area is 172 Å². The Morgan fingerprint density at radius 2 is 1.57 bits per heavy atom. The van der Waals surface area contributed by atoms with E-state index in [-0.39, 0.29) is 23.5 Å². The molecule has 30 heavy (non-hydrogen) atoms. The lowest BCUT2D eigenvalue weighted by Crippen LogP contribution is -2.21. The number of carbonyl (C=O) groups excluding carboxylic acids is 2. The lowest BCUT2D eigenvalue weighted by molar-refractivity contribution is -0.383. The number of carbonyl (C=O) groups is 2. The summed E-state index contributed by atoms with van der Waals surface area (Å²) in [7, 11) is 0. The van der Waals surface area contributed by atoms with Crippen LogP contribution >= 0.6 is 0 Å². The van der Waals surface area contributed by atoms with Gasteiger partial charge < -0.3 is 14.8 Å². The van der Waals surface area contributed by atoms with Crippen LogP contribution in [-0.2, 0) is 16.1 Å². The minimum absolute atomic E-state index is 0.0233. The Balaban J connectivity index is 1.60. The predicted molar refractivity (Wildman–Crippen MR) is 109 cm³/mol. The number of esters is 1. The van der Waals surface area contributed by atoms with Crippen molar-refractivity contribution in [1.29, 1.82) is 0 Å². The van der Waals surface area contributed by atoms with Crippen molar-refractivity contribution < 1.29 is 24.0 Å². The van der Waals surface area contributed by atoms with Gasteiger partial charge in [-0.2, -0.15) is 0 Å². The fourth-order valence-corrected chi connectivity index (χ4v) is 2.63. The number of anilines is 1. The number of ether oxygens (including phenoxy) is 2. The molecule has 152 valence electrons. The van der Waals surface area contributed by atoms with Crippen molar-refractivity contribution >= 4 is 23.3 Å². The highest BCUT2D eigenvalue weighted by molar-refractivity contribution is 5.97. The molecule has 3 aromatic carbocycles. The molecule has 0 bridgehead atoms. The topological polar surface area (TPSA) is 108 Å². The Hall–Kier alpha value is -4.20. The summed E-state index contributed by atoms with van der Waals surface area (Å²) < 4.78 is 10.8. The molecule has 3 rings (SSSR count). The van der Waals surface area contributed by atoms with Crippen LogP contribution in [0, 0.1) is 10.1 Å². The number of nitrogens with one attached hydrogen (secondary N) is 1. The van der Waals surface area contributed by atoms with Gasteiger partial charge in [0.05, 0.1) is 4.92 Å². The Kier molecular flexibility index (Phi) is 6.73. The predicted octanol–water partition coefficient (Wildman–Crippen LogP) is 3.97. The summed E-state index contributed by atoms with van der Waals surface area (Å²) in [5.74, 6) is -1.11. The smallest absolute Gasteiger partial charge is 0.342 e. The number of hydrogen-bond donors (Lipinski definition) is 1. The van der Waals surface area contributed by atoms with Crippen molar-refractivity contribution in [3.05, 3.63) is 100 Å². The first-order valence-electron chi connectivity index (χ1n) is 9.01. The first-order valence-corrected chi connectivity index (χ1v) is 9.01. The van der Waals surface area contributed by atoms with E-state index < -0.39 is 23.4 Å². The molecule has 0 aliphatic rings. The van der Waals surface area contributed by atoms with Crippen molar-refractivity contribution in [2.75, 3.05) is 11.9 Å². The maximum atomic E-state index is 12.4. The van der Waals surface area contributed by atoms with Crippen molar-refractivity contribution in [2.24, 2.45) is 0 Å². The average Bonchev–Trinajstić information content (AvgIpc) is 2.77. The molecule has 0 saturated heterocycles. The van der Waals surface area contributed by atoms with Gasteiger partial charge in [0.1, 0.15) is 23.6 Å². The van der Waals surface area contributed by atoms with Gasteiger partial charge in [-0.05, 0) is 23.8 Å². The van der Waals surface area contributed by atoms with Crippen LogP contribution in [0.2, 0.25) is 0 Å². The van der Waals surface area contributed by atoms with Gasteiger partial charge in [-0.25, -0.2) is 4.79 Å². The Morgan fingerprint density at radius 1 is 0.900 bits per heavy atom. The van der Waals surface area contributed by atoms with E-state index in [1.165, 1.54) is 24.3 Å². The number of nitrogens with zero attached hydrogens (tertiary/aromatic N) is 1. The van der Waals surface area contributed by atoms with E-state index >= 15 is 0 Å². The summed E-state index contributed by atoms with van der Waals surface area (Å²) in [5.41, 5.74) is 0.878. The summed E-state index contributed by atoms with van der Waals surface area (Å²) >= 11 is 0. The van der Waals surface area contributed by atoms with Gasteiger partial charge in [-0.3, -0.25) is 14.9 Å². The first-order chi connectivity index (χ1) is 14.5. The zero-order chi connectivity index (χ0) is 21.3. The highest BCUT2D eigenvalue weighted by Gasteiger charge is 2.18. The summed E-state index contributed by atoms with van der Waals surface area (Å²) in [4.78, 5) is 34.9. The van der Waals surface area contributed by atoms with Crippen LogP contribution in [0.1, 0.15) is 15.9 Å². The summed E-state index contributed by atoms with van der Waals surface area (Å²) in [6.07, 6.45) is 0. The monoisotopic (exact) mass is 406 g/mol. The van der Waals surface area contributed by atoms with Gasteiger partial charge in [0, 0.05) is 6.07 Å². The minimum atomic E-state index is -0.739. The van der Waals surface area contributed by atoms with E-state index in [0.29, 0.717) is 5.75 Å². The van der Waals surface area contributed by atoms with Crippen LogP contribution in [0.3, 0.4) is 0 Å². The number of benzene rings is 3. The molecule has 0 unspecified atom stereocenters. The zero-order valence-corrected chi connectivity index (χ0v) is 15.8. The molecular weight excluding hydrogens is 388 g/mol. The summed E-state index contributed by atoms with van der Waals surface area (Å²) in [6, 6.07) is 21.7. The van der Waals surface area contributed by atoms with Crippen molar-refractivity contribution in [3.63, 3.8) is 0 Å². The number of para-hydroxylation sites is 3. The Morgan fingerprint density at radius 3 is 2.33 bits per heavy atom. The van der Waals surface area contributed by atoms with Crippen LogP contribution in [0.4, 0.5) is 11.4 Å². The molecule has 0 spiro atoms. The zero-order valence-electron chi connectivity index (χ0n) is 15.8. The molecule has 0 radical (unpaired) electrons. The average molecular weight is 406 g/mol. The van der Waals surface area contributed by atoms with Crippen molar-refractivity contribution in [2.45, 2.75) is 6.61 Å². The third-order valence-corrected chi connectivity index (χ3v) is 4.05. The standard InChI is InChI=1S/C22H18N2O6/c25-21(23-18-11-5-6-12-19(18)24(27)28)15-30-22(26)17-10-4-7-13-20(17)29-14-16-8-2-1-3-9-16/h1-13H,14-15H2,(H,23,25). The van der Waals surface area contributed by atoms with E-state index in [1.54, 1.807) is 24.3 Å². The molecule has 0 saturated carbocycles.